The molecule has 0 aromatic rings. The molecule has 0 aromatic carbocycles. The van der Waals surface area contributed by atoms with E-state index < -0.39 is 0 Å². The number of hydrogen-bond acceptors (Lipinski definition) is 0. The fourth-order valence-corrected chi connectivity index (χ4v) is 1.04. The van der Waals surface area contributed by atoms with Crippen molar-refractivity contribution in [3.63, 3.8) is 0 Å². The summed E-state index contributed by atoms with van der Waals surface area (Å²) in [5.41, 5.74) is 0. The van der Waals surface area contributed by atoms with Crippen molar-refractivity contribution in [2.24, 2.45) is 0 Å². The average Bonchev–Trinajstić information content (AvgIpc) is 1.81. The van der Waals surface area contributed by atoms with Crippen molar-refractivity contribution in [2.75, 3.05) is 0 Å². The van der Waals surface area contributed by atoms with E-state index >= 15 is 0 Å². The Hall–Kier alpha value is 1.11. The second-order valence-corrected chi connectivity index (χ2v) is 2.78. The second-order valence-electron chi connectivity index (χ2n) is 2.20. The number of rotatable bonds is 5. The van der Waals surface area contributed by atoms with Gasteiger partial charge in [0.1, 0.15) is 0 Å². The molecule has 0 aliphatic rings. The van der Waals surface area contributed by atoms with Crippen LogP contribution in [0.15, 0.2) is 0 Å². The molecular weight excluding hydrogens is 182 g/mol. The van der Waals surface area contributed by atoms with Crippen LogP contribution in [0.4, 0.5) is 0 Å². The van der Waals surface area contributed by atoms with Crippen LogP contribution in [0.2, 0.25) is 5.28 Å². The van der Waals surface area contributed by atoms with Gasteiger partial charge < -0.3 is 24.8 Å². The molecule has 0 radical (unpaired) electrons. The van der Waals surface area contributed by atoms with Gasteiger partial charge in [-0.05, 0) is 0 Å². The van der Waals surface area contributed by atoms with Gasteiger partial charge in [0.2, 0.25) is 0 Å². The third kappa shape index (κ3) is 16.1. The van der Waals surface area contributed by atoms with Crippen LogP contribution >= 0.6 is 0 Å². The minimum atomic E-state index is 0. The van der Waals surface area contributed by atoms with Gasteiger partial charge in [-0.2, -0.15) is 0 Å². The zero-order chi connectivity index (χ0) is 6.24. The Labute approximate surface area is 85.4 Å². The van der Waals surface area contributed by atoms with Crippen LogP contribution in [-0.2, 0) is 0 Å². The number of hydrogen-bond donors (Lipinski definition) is 0. The molecule has 0 bridgehead atoms. The van der Waals surface area contributed by atoms with E-state index in [-0.39, 0.29) is 24.8 Å². The maximum absolute atomic E-state index is 2.77. The van der Waals surface area contributed by atoms with E-state index in [1.807, 2.05) is 0 Å². The molecule has 0 saturated heterocycles. The molecule has 3 heteroatoms. The predicted molar refractivity (Wildman–Crippen MR) is 39.3 cm³/mol. The van der Waals surface area contributed by atoms with Crippen LogP contribution in [0.5, 0.6) is 0 Å². The van der Waals surface area contributed by atoms with Gasteiger partial charge in [0.15, 0.2) is 0 Å². The zero-order valence-electron chi connectivity index (χ0n) is 6.58. The number of halogens is 2. The summed E-state index contributed by atoms with van der Waals surface area (Å²) in [5, 5.41) is 1.28. The summed E-state index contributed by atoms with van der Waals surface area (Å²) in [4.78, 5) is 0. The third-order valence-electron chi connectivity index (χ3n) is 1.31. The maximum Gasteiger partial charge on any atom is -1.00 e. The average molecular weight is 197 g/mol. The topological polar surface area (TPSA) is 0 Å². The second kappa shape index (κ2) is 16.6. The van der Waals surface area contributed by atoms with Crippen molar-refractivity contribution >= 4 is 16.3 Å². The predicted octanol–water partition coefficient (Wildman–Crippen LogP) is -3.45. The monoisotopic (exact) mass is 196 g/mol. The Balaban J connectivity index is -0.000000245. The summed E-state index contributed by atoms with van der Waals surface area (Å²) < 4.78 is 0. The van der Waals surface area contributed by atoms with Crippen LogP contribution in [-0.4, -0.2) is 16.3 Å². The van der Waals surface area contributed by atoms with Crippen molar-refractivity contribution < 1.29 is 24.8 Å². The molecule has 0 N–H and O–H groups in total. The molecule has 0 spiro atoms. The Kier molecular flexibility index (Phi) is 28.7. The van der Waals surface area contributed by atoms with Crippen LogP contribution in [0.1, 0.15) is 39.0 Å². The Morgan fingerprint density at radius 3 is 1.80 bits per heavy atom. The third-order valence-corrected chi connectivity index (χ3v) is 1.72. The van der Waals surface area contributed by atoms with Crippen LogP contribution in [0.3, 0.4) is 0 Å². The molecule has 0 aliphatic heterocycles. The van der Waals surface area contributed by atoms with E-state index in [1.54, 1.807) is 0 Å². The molecule has 0 unspecified atom stereocenters. The van der Waals surface area contributed by atoms with Gasteiger partial charge in [-0.3, -0.25) is 0 Å². The van der Waals surface area contributed by atoms with E-state index in [0.717, 1.165) is 0 Å². The van der Waals surface area contributed by atoms with Crippen molar-refractivity contribution in [2.45, 2.75) is 44.3 Å². The molecule has 0 fully saturated rings. The largest absolute Gasteiger partial charge is 1.00 e. The van der Waals surface area contributed by atoms with Crippen molar-refractivity contribution in [3.05, 3.63) is 0 Å². The molecule has 0 amide bonds. The summed E-state index contributed by atoms with van der Waals surface area (Å²) in [6, 6.07) is 0. The Morgan fingerprint density at radius 2 is 1.40 bits per heavy atom. The van der Waals surface area contributed by atoms with Gasteiger partial charge >= 0.3 is 60.6 Å². The first-order chi connectivity index (χ1) is 3.91. The quantitative estimate of drug-likeness (QED) is 0.317. The minimum Gasteiger partial charge on any atom is -1.00 e. The molecule has 0 aliphatic carbocycles. The normalized spacial score (nSPS) is 7.90. The molecule has 0 saturated carbocycles. The SMILES string of the molecule is CCCCCC[CH2][Al+2].[Cl-].[Cl-]. The summed E-state index contributed by atoms with van der Waals surface area (Å²) >= 11 is 2.77. The fourth-order valence-electron chi connectivity index (χ4n) is 0.748. The van der Waals surface area contributed by atoms with Gasteiger partial charge in [0.05, 0.1) is 0 Å². The molecule has 0 heterocycles. The molecular formula is C7H15AlCl2. The van der Waals surface area contributed by atoms with Gasteiger partial charge in [-0.25, -0.2) is 0 Å². The summed E-state index contributed by atoms with van der Waals surface area (Å²) in [5.74, 6) is 0. The van der Waals surface area contributed by atoms with E-state index in [1.165, 1.54) is 37.4 Å². The Morgan fingerprint density at radius 1 is 0.900 bits per heavy atom. The zero-order valence-corrected chi connectivity index (χ0v) is 9.24. The van der Waals surface area contributed by atoms with Crippen molar-refractivity contribution in [1.29, 1.82) is 0 Å². The van der Waals surface area contributed by atoms with Crippen molar-refractivity contribution in [1.82, 2.24) is 0 Å². The molecule has 60 valence electrons. The molecule has 0 aromatic heterocycles. The summed E-state index contributed by atoms with van der Waals surface area (Å²) in [6.07, 6.45) is 7.04. The summed E-state index contributed by atoms with van der Waals surface area (Å²) in [7, 11) is 0. The molecule has 10 heavy (non-hydrogen) atoms. The minimum absolute atomic E-state index is 0. The van der Waals surface area contributed by atoms with Crippen LogP contribution in [0, 0.1) is 0 Å². The van der Waals surface area contributed by atoms with Crippen LogP contribution < -0.4 is 24.8 Å². The Bertz CT molecular complexity index is 36.6. The van der Waals surface area contributed by atoms with Crippen molar-refractivity contribution in [3.8, 4) is 0 Å². The summed E-state index contributed by atoms with van der Waals surface area (Å²) in [6.45, 7) is 2.25. The van der Waals surface area contributed by atoms with Gasteiger partial charge in [0.25, 0.3) is 0 Å². The molecule has 0 rings (SSSR count). The number of unbranched alkanes of at least 4 members (excludes halogenated alkanes) is 4. The smallest absolute Gasteiger partial charge is 1.00 e. The maximum atomic E-state index is 2.77. The first-order valence-corrected chi connectivity index (χ1v) is 4.43. The van der Waals surface area contributed by atoms with Crippen LogP contribution in [0.25, 0.3) is 0 Å². The van der Waals surface area contributed by atoms with E-state index in [0.29, 0.717) is 0 Å². The first kappa shape index (κ1) is 17.3. The van der Waals surface area contributed by atoms with E-state index in [9.17, 15) is 0 Å². The first-order valence-electron chi connectivity index (χ1n) is 3.62. The fraction of sp³-hybridized carbons (Fsp3) is 1.00. The van der Waals surface area contributed by atoms with Gasteiger partial charge in [-0.15, -0.1) is 0 Å². The standard InChI is InChI=1S/C7H15.Al.2ClH/c1-3-5-7-6-4-2;;;/h1,3-7H2,2H3;;2*1H/q;+2;;/p-2. The van der Waals surface area contributed by atoms with Gasteiger partial charge in [0, 0.05) is 0 Å². The van der Waals surface area contributed by atoms with E-state index in [2.05, 4.69) is 23.2 Å². The van der Waals surface area contributed by atoms with E-state index in [4.69, 9.17) is 0 Å². The molecule has 0 atom stereocenters. The van der Waals surface area contributed by atoms with Gasteiger partial charge in [-0.1, -0.05) is 0 Å². The molecule has 0 nitrogen and oxygen atoms in total.